The SMILES string of the molecule is CN(C[C@H]1Cc2c(cccc2-c2ccccn2)CN1)[C@H]1CCCc2cccnc21. The maximum absolute atomic E-state index is 4.73. The van der Waals surface area contributed by atoms with Crippen LogP contribution in [0.5, 0.6) is 0 Å². The maximum Gasteiger partial charge on any atom is 0.0704 e. The monoisotopic (exact) mass is 384 g/mol. The van der Waals surface area contributed by atoms with Crippen molar-refractivity contribution < 1.29 is 0 Å². The van der Waals surface area contributed by atoms with Gasteiger partial charge in [0, 0.05) is 37.1 Å². The molecule has 1 N–H and O–H groups in total. The van der Waals surface area contributed by atoms with Crippen molar-refractivity contribution in [3.05, 3.63) is 83.3 Å². The first kappa shape index (κ1) is 18.5. The van der Waals surface area contributed by atoms with Crippen molar-refractivity contribution in [3.63, 3.8) is 0 Å². The Morgan fingerprint density at radius 3 is 2.79 bits per heavy atom. The van der Waals surface area contributed by atoms with Crippen LogP contribution in [0.1, 0.15) is 41.3 Å². The normalized spacial score (nSPS) is 20.9. The first-order chi connectivity index (χ1) is 14.3. The Morgan fingerprint density at radius 1 is 1.00 bits per heavy atom. The second-order valence-electron chi connectivity index (χ2n) is 8.34. The van der Waals surface area contributed by atoms with Crippen LogP contribution < -0.4 is 5.32 Å². The fourth-order valence-corrected chi connectivity index (χ4v) is 4.99. The highest BCUT2D eigenvalue weighted by atomic mass is 15.2. The number of pyridine rings is 2. The Hall–Kier alpha value is -2.56. The maximum atomic E-state index is 4.73. The first-order valence-electron chi connectivity index (χ1n) is 10.7. The lowest BCUT2D eigenvalue weighted by molar-refractivity contribution is 0.191. The van der Waals surface area contributed by atoms with Gasteiger partial charge < -0.3 is 5.32 Å². The molecule has 0 radical (unpaired) electrons. The summed E-state index contributed by atoms with van der Waals surface area (Å²) in [6.07, 6.45) is 8.47. The Kier molecular flexibility index (Phi) is 5.13. The van der Waals surface area contributed by atoms with Crippen molar-refractivity contribution in [2.45, 2.75) is 44.3 Å². The molecule has 29 heavy (non-hydrogen) atoms. The predicted molar refractivity (Wildman–Crippen MR) is 117 cm³/mol. The van der Waals surface area contributed by atoms with Gasteiger partial charge in [0.1, 0.15) is 0 Å². The number of aromatic nitrogens is 2. The van der Waals surface area contributed by atoms with Gasteiger partial charge in [0.05, 0.1) is 17.4 Å². The van der Waals surface area contributed by atoms with Crippen LogP contribution >= 0.6 is 0 Å². The number of benzene rings is 1. The second kappa shape index (κ2) is 8.05. The molecular weight excluding hydrogens is 356 g/mol. The van der Waals surface area contributed by atoms with Crippen LogP contribution in [0.2, 0.25) is 0 Å². The zero-order chi connectivity index (χ0) is 19.6. The molecule has 4 nitrogen and oxygen atoms in total. The number of aryl methyl sites for hydroxylation is 1. The predicted octanol–water partition coefficient (Wildman–Crippen LogP) is 4.17. The molecule has 0 bridgehead atoms. The van der Waals surface area contributed by atoms with Crippen molar-refractivity contribution in [2.75, 3.05) is 13.6 Å². The van der Waals surface area contributed by atoms with E-state index >= 15 is 0 Å². The van der Waals surface area contributed by atoms with Gasteiger partial charge in [-0.05, 0) is 67.6 Å². The molecule has 148 valence electrons. The molecule has 0 saturated carbocycles. The fraction of sp³-hybridized carbons (Fsp3) is 0.360. The van der Waals surface area contributed by atoms with E-state index in [-0.39, 0.29) is 0 Å². The van der Waals surface area contributed by atoms with E-state index < -0.39 is 0 Å². The zero-order valence-corrected chi connectivity index (χ0v) is 17.0. The van der Waals surface area contributed by atoms with E-state index in [1.165, 1.54) is 40.8 Å². The number of likely N-dealkylation sites (N-methyl/N-ethyl adjacent to an activating group) is 1. The molecule has 5 rings (SSSR count). The highest BCUT2D eigenvalue weighted by Crippen LogP contribution is 2.33. The molecular formula is C25H28N4. The summed E-state index contributed by atoms with van der Waals surface area (Å²) in [6.45, 7) is 1.95. The number of fused-ring (bicyclic) bond motifs is 2. The Morgan fingerprint density at radius 2 is 1.90 bits per heavy atom. The summed E-state index contributed by atoms with van der Waals surface area (Å²) in [6, 6.07) is 18.0. The third-order valence-electron chi connectivity index (χ3n) is 6.45. The van der Waals surface area contributed by atoms with Crippen molar-refractivity contribution in [1.82, 2.24) is 20.2 Å². The molecule has 2 atom stereocenters. The largest absolute Gasteiger partial charge is 0.308 e. The molecule has 3 heterocycles. The smallest absolute Gasteiger partial charge is 0.0704 e. The molecule has 0 spiro atoms. The van der Waals surface area contributed by atoms with Crippen molar-refractivity contribution in [2.24, 2.45) is 0 Å². The zero-order valence-electron chi connectivity index (χ0n) is 17.0. The molecule has 0 saturated heterocycles. The minimum absolute atomic E-state index is 0.425. The topological polar surface area (TPSA) is 41.1 Å². The van der Waals surface area contributed by atoms with E-state index in [2.05, 4.69) is 64.7 Å². The molecule has 4 heteroatoms. The minimum atomic E-state index is 0.425. The molecule has 2 aromatic heterocycles. The van der Waals surface area contributed by atoms with Crippen LogP contribution in [0.25, 0.3) is 11.3 Å². The van der Waals surface area contributed by atoms with E-state index in [4.69, 9.17) is 4.98 Å². The lowest BCUT2D eigenvalue weighted by Gasteiger charge is -2.36. The summed E-state index contributed by atoms with van der Waals surface area (Å²) in [5.74, 6) is 0. The number of hydrogen-bond acceptors (Lipinski definition) is 4. The van der Waals surface area contributed by atoms with Crippen LogP contribution in [0.15, 0.2) is 60.9 Å². The van der Waals surface area contributed by atoms with Gasteiger partial charge in [-0.2, -0.15) is 0 Å². The van der Waals surface area contributed by atoms with Gasteiger partial charge in [-0.1, -0.05) is 30.3 Å². The Balaban J connectivity index is 1.36. The summed E-state index contributed by atoms with van der Waals surface area (Å²) in [7, 11) is 2.26. The number of nitrogens with zero attached hydrogens (tertiary/aromatic N) is 3. The van der Waals surface area contributed by atoms with Gasteiger partial charge in [-0.25, -0.2) is 0 Å². The van der Waals surface area contributed by atoms with E-state index in [0.717, 1.165) is 31.6 Å². The summed E-state index contributed by atoms with van der Waals surface area (Å²) in [5, 5.41) is 3.77. The molecule has 1 aliphatic heterocycles. The standard InChI is InChI=1S/C25H28N4/c1-29(24-12-5-7-18-9-6-14-27-25(18)24)17-20-15-22-19(16-28-20)8-4-10-21(22)23-11-2-3-13-26-23/h2-4,6,8-11,13-14,20,24,28H,5,7,12,15-17H2,1H3/t20-,24+/m1/s1. The van der Waals surface area contributed by atoms with Gasteiger partial charge in [0.2, 0.25) is 0 Å². The summed E-state index contributed by atoms with van der Waals surface area (Å²) in [4.78, 5) is 11.8. The third kappa shape index (κ3) is 3.70. The van der Waals surface area contributed by atoms with Gasteiger partial charge in [-0.15, -0.1) is 0 Å². The third-order valence-corrected chi connectivity index (χ3v) is 6.45. The van der Waals surface area contributed by atoms with Crippen LogP contribution in [-0.2, 0) is 19.4 Å². The highest BCUT2D eigenvalue weighted by Gasteiger charge is 2.28. The van der Waals surface area contributed by atoms with Crippen LogP contribution in [0.3, 0.4) is 0 Å². The van der Waals surface area contributed by atoms with Gasteiger partial charge in [-0.3, -0.25) is 14.9 Å². The van der Waals surface area contributed by atoms with E-state index in [1.807, 2.05) is 18.5 Å². The molecule has 0 unspecified atom stereocenters. The molecule has 2 aliphatic rings. The van der Waals surface area contributed by atoms with Gasteiger partial charge in [0.25, 0.3) is 0 Å². The van der Waals surface area contributed by atoms with E-state index in [9.17, 15) is 0 Å². The summed E-state index contributed by atoms with van der Waals surface area (Å²) in [5.41, 5.74) is 7.91. The highest BCUT2D eigenvalue weighted by molar-refractivity contribution is 5.65. The summed E-state index contributed by atoms with van der Waals surface area (Å²) < 4.78 is 0. The minimum Gasteiger partial charge on any atom is -0.308 e. The Labute approximate surface area is 173 Å². The van der Waals surface area contributed by atoms with E-state index in [0.29, 0.717) is 12.1 Å². The molecule has 1 aliphatic carbocycles. The van der Waals surface area contributed by atoms with Crippen molar-refractivity contribution in [1.29, 1.82) is 0 Å². The average molecular weight is 385 g/mol. The molecule has 0 amide bonds. The quantitative estimate of drug-likeness (QED) is 0.733. The number of nitrogens with one attached hydrogen (secondary N) is 1. The fourth-order valence-electron chi connectivity index (χ4n) is 4.99. The van der Waals surface area contributed by atoms with Crippen LogP contribution in [0, 0.1) is 0 Å². The Bertz CT molecular complexity index is 985. The van der Waals surface area contributed by atoms with Gasteiger partial charge in [0.15, 0.2) is 0 Å². The number of rotatable bonds is 4. The lowest BCUT2D eigenvalue weighted by atomic mass is 9.88. The number of hydrogen-bond donors (Lipinski definition) is 1. The van der Waals surface area contributed by atoms with E-state index in [1.54, 1.807) is 0 Å². The van der Waals surface area contributed by atoms with Gasteiger partial charge >= 0.3 is 0 Å². The van der Waals surface area contributed by atoms with Crippen LogP contribution in [0.4, 0.5) is 0 Å². The molecule has 3 aromatic rings. The lowest BCUT2D eigenvalue weighted by Crippen LogP contribution is -2.45. The molecule has 0 fully saturated rings. The summed E-state index contributed by atoms with van der Waals surface area (Å²) >= 11 is 0. The first-order valence-corrected chi connectivity index (χ1v) is 10.7. The molecule has 1 aromatic carbocycles. The second-order valence-corrected chi connectivity index (χ2v) is 8.34. The average Bonchev–Trinajstić information content (AvgIpc) is 2.79. The van der Waals surface area contributed by atoms with Crippen molar-refractivity contribution in [3.8, 4) is 11.3 Å². The van der Waals surface area contributed by atoms with Crippen LogP contribution in [-0.4, -0.2) is 34.5 Å². The van der Waals surface area contributed by atoms with Crippen molar-refractivity contribution >= 4 is 0 Å².